The van der Waals surface area contributed by atoms with Gasteiger partial charge in [0, 0.05) is 11.1 Å². The van der Waals surface area contributed by atoms with E-state index in [0.29, 0.717) is 13.2 Å². The van der Waals surface area contributed by atoms with E-state index in [4.69, 9.17) is 9.47 Å². The average Bonchev–Trinajstić information content (AvgIpc) is 2.82. The zero-order valence-electron chi connectivity index (χ0n) is 10.0. The van der Waals surface area contributed by atoms with Gasteiger partial charge in [-0.25, -0.2) is 0 Å². The standard InChI is InChI=1S/C14H19BrO2/c15-13-6-3-7-14(10-13)17-9-8-16-11-12-4-1-2-5-12/h3,6-7,10,12H,1-2,4-5,8-9,11H2. The molecule has 0 radical (unpaired) electrons. The maximum atomic E-state index is 5.63. The van der Waals surface area contributed by atoms with E-state index in [-0.39, 0.29) is 0 Å². The van der Waals surface area contributed by atoms with Gasteiger partial charge in [0.05, 0.1) is 6.61 Å². The molecule has 0 spiro atoms. The number of benzene rings is 1. The summed E-state index contributed by atoms with van der Waals surface area (Å²) in [7, 11) is 0. The fourth-order valence-corrected chi connectivity index (χ4v) is 2.58. The Labute approximate surface area is 111 Å². The molecule has 3 heteroatoms. The van der Waals surface area contributed by atoms with Crippen LogP contribution in [0.1, 0.15) is 25.7 Å². The molecule has 0 saturated heterocycles. The highest BCUT2D eigenvalue weighted by Gasteiger charge is 2.14. The summed E-state index contributed by atoms with van der Waals surface area (Å²) in [6.45, 7) is 2.22. The molecule has 0 N–H and O–H groups in total. The summed E-state index contributed by atoms with van der Waals surface area (Å²) in [5.74, 6) is 1.68. The minimum atomic E-state index is 0.628. The van der Waals surface area contributed by atoms with Crippen molar-refractivity contribution < 1.29 is 9.47 Å². The summed E-state index contributed by atoms with van der Waals surface area (Å²) in [6.07, 6.45) is 5.43. The van der Waals surface area contributed by atoms with Crippen molar-refractivity contribution in [3.8, 4) is 5.75 Å². The molecule has 0 unspecified atom stereocenters. The highest BCUT2D eigenvalue weighted by atomic mass is 79.9. The molecule has 0 atom stereocenters. The first kappa shape index (κ1) is 12.9. The van der Waals surface area contributed by atoms with Crippen molar-refractivity contribution in [3.05, 3.63) is 28.7 Å². The molecule has 2 nitrogen and oxygen atoms in total. The van der Waals surface area contributed by atoms with Crippen molar-refractivity contribution in [2.45, 2.75) is 25.7 Å². The van der Waals surface area contributed by atoms with Gasteiger partial charge < -0.3 is 9.47 Å². The summed E-state index contributed by atoms with van der Waals surface area (Å²) >= 11 is 3.42. The molecular formula is C14H19BrO2. The second-order valence-corrected chi connectivity index (χ2v) is 5.45. The molecule has 17 heavy (non-hydrogen) atoms. The van der Waals surface area contributed by atoms with E-state index < -0.39 is 0 Å². The lowest BCUT2D eigenvalue weighted by atomic mass is 10.1. The van der Waals surface area contributed by atoms with Crippen LogP contribution in [0.3, 0.4) is 0 Å². The summed E-state index contributed by atoms with van der Waals surface area (Å²) in [5.41, 5.74) is 0. The zero-order chi connectivity index (χ0) is 11.9. The van der Waals surface area contributed by atoms with E-state index in [1.54, 1.807) is 0 Å². The Bertz CT molecular complexity index is 335. The average molecular weight is 299 g/mol. The summed E-state index contributed by atoms with van der Waals surface area (Å²) in [6, 6.07) is 7.89. The third-order valence-corrected chi connectivity index (χ3v) is 3.61. The monoisotopic (exact) mass is 298 g/mol. The normalized spacial score (nSPS) is 16.3. The molecule has 0 aliphatic heterocycles. The van der Waals surface area contributed by atoms with Crippen LogP contribution in [0.4, 0.5) is 0 Å². The lowest BCUT2D eigenvalue weighted by Crippen LogP contribution is -2.11. The van der Waals surface area contributed by atoms with Gasteiger partial charge >= 0.3 is 0 Å². The molecule has 0 bridgehead atoms. The van der Waals surface area contributed by atoms with Crippen molar-refractivity contribution in [2.75, 3.05) is 19.8 Å². The molecule has 1 saturated carbocycles. The smallest absolute Gasteiger partial charge is 0.120 e. The van der Waals surface area contributed by atoms with Gasteiger partial charge in [0.2, 0.25) is 0 Å². The Hall–Kier alpha value is -0.540. The van der Waals surface area contributed by atoms with Gasteiger partial charge in [-0.05, 0) is 37.0 Å². The van der Waals surface area contributed by atoms with Gasteiger partial charge in [0.15, 0.2) is 0 Å². The van der Waals surface area contributed by atoms with Crippen LogP contribution in [0.5, 0.6) is 5.75 Å². The van der Waals surface area contributed by atoms with Crippen molar-refractivity contribution in [3.63, 3.8) is 0 Å². The third-order valence-electron chi connectivity index (χ3n) is 3.12. The predicted octanol–water partition coefficient (Wildman–Crippen LogP) is 4.03. The molecule has 1 aromatic rings. The maximum Gasteiger partial charge on any atom is 0.120 e. The second-order valence-electron chi connectivity index (χ2n) is 4.53. The molecule has 0 aromatic heterocycles. The summed E-state index contributed by atoms with van der Waals surface area (Å²) in [4.78, 5) is 0. The molecule has 1 aromatic carbocycles. The van der Waals surface area contributed by atoms with Gasteiger partial charge in [0.1, 0.15) is 12.4 Å². The van der Waals surface area contributed by atoms with E-state index in [2.05, 4.69) is 15.9 Å². The van der Waals surface area contributed by atoms with Crippen LogP contribution in [0.15, 0.2) is 28.7 Å². The Morgan fingerprint density at radius 3 is 2.76 bits per heavy atom. The SMILES string of the molecule is Brc1cccc(OCCOCC2CCCC2)c1. The molecule has 0 heterocycles. The Morgan fingerprint density at radius 1 is 1.18 bits per heavy atom. The third kappa shape index (κ3) is 4.68. The van der Waals surface area contributed by atoms with Gasteiger partial charge in [-0.1, -0.05) is 34.8 Å². The number of rotatable bonds is 6. The van der Waals surface area contributed by atoms with Gasteiger partial charge in [-0.3, -0.25) is 0 Å². The first-order valence-corrected chi connectivity index (χ1v) is 7.10. The minimum absolute atomic E-state index is 0.628. The van der Waals surface area contributed by atoms with Crippen LogP contribution >= 0.6 is 15.9 Å². The first-order chi connectivity index (χ1) is 8.34. The fourth-order valence-electron chi connectivity index (χ4n) is 2.20. The fraction of sp³-hybridized carbons (Fsp3) is 0.571. The predicted molar refractivity (Wildman–Crippen MR) is 72.4 cm³/mol. The minimum Gasteiger partial charge on any atom is -0.491 e. The van der Waals surface area contributed by atoms with Gasteiger partial charge in [0.25, 0.3) is 0 Å². The molecule has 94 valence electrons. The Balaban J connectivity index is 1.56. The van der Waals surface area contributed by atoms with Crippen LogP contribution in [0, 0.1) is 5.92 Å². The lowest BCUT2D eigenvalue weighted by molar-refractivity contribution is 0.0754. The van der Waals surface area contributed by atoms with E-state index in [0.717, 1.165) is 22.7 Å². The van der Waals surface area contributed by atoms with Gasteiger partial charge in [-0.15, -0.1) is 0 Å². The highest BCUT2D eigenvalue weighted by Crippen LogP contribution is 2.24. The lowest BCUT2D eigenvalue weighted by Gasteiger charge is -2.10. The summed E-state index contributed by atoms with van der Waals surface area (Å²) in [5, 5.41) is 0. The van der Waals surface area contributed by atoms with E-state index in [1.807, 2.05) is 24.3 Å². The zero-order valence-corrected chi connectivity index (χ0v) is 11.6. The quantitative estimate of drug-likeness (QED) is 0.738. The van der Waals surface area contributed by atoms with Crippen LogP contribution < -0.4 is 4.74 Å². The van der Waals surface area contributed by atoms with Crippen LogP contribution in [-0.2, 0) is 4.74 Å². The van der Waals surface area contributed by atoms with Crippen LogP contribution in [-0.4, -0.2) is 19.8 Å². The van der Waals surface area contributed by atoms with E-state index in [1.165, 1.54) is 25.7 Å². The number of hydrogen-bond donors (Lipinski definition) is 0. The van der Waals surface area contributed by atoms with Crippen molar-refractivity contribution in [1.82, 2.24) is 0 Å². The molecular weight excluding hydrogens is 280 g/mol. The Morgan fingerprint density at radius 2 is 2.00 bits per heavy atom. The second kappa shape index (κ2) is 7.02. The van der Waals surface area contributed by atoms with E-state index in [9.17, 15) is 0 Å². The highest BCUT2D eigenvalue weighted by molar-refractivity contribution is 9.10. The summed E-state index contributed by atoms with van der Waals surface area (Å²) < 4.78 is 12.3. The molecule has 1 aliphatic carbocycles. The number of hydrogen-bond acceptors (Lipinski definition) is 2. The van der Waals surface area contributed by atoms with Crippen LogP contribution in [0.2, 0.25) is 0 Å². The first-order valence-electron chi connectivity index (χ1n) is 6.31. The molecule has 1 aliphatic rings. The largest absolute Gasteiger partial charge is 0.491 e. The maximum absolute atomic E-state index is 5.63. The topological polar surface area (TPSA) is 18.5 Å². The molecule has 0 amide bonds. The number of halogens is 1. The number of ether oxygens (including phenoxy) is 2. The Kier molecular flexibility index (Phi) is 5.33. The van der Waals surface area contributed by atoms with Crippen molar-refractivity contribution in [2.24, 2.45) is 5.92 Å². The molecule has 1 fully saturated rings. The van der Waals surface area contributed by atoms with Gasteiger partial charge in [-0.2, -0.15) is 0 Å². The molecule has 2 rings (SSSR count). The van der Waals surface area contributed by atoms with Crippen LogP contribution in [0.25, 0.3) is 0 Å². The van der Waals surface area contributed by atoms with E-state index >= 15 is 0 Å². The van der Waals surface area contributed by atoms with Crippen molar-refractivity contribution in [1.29, 1.82) is 0 Å². The van der Waals surface area contributed by atoms with Crippen molar-refractivity contribution >= 4 is 15.9 Å².